The minimum Gasteiger partial charge on any atom is -0.493 e. The van der Waals surface area contributed by atoms with Crippen LogP contribution in [-0.4, -0.2) is 36.7 Å². The van der Waals surface area contributed by atoms with Crippen LogP contribution < -0.4 is 14.8 Å². The Kier molecular flexibility index (Phi) is 6.28. The Morgan fingerprint density at radius 1 is 0.750 bits per heavy atom. The summed E-state index contributed by atoms with van der Waals surface area (Å²) in [7, 11) is 3.11. The van der Waals surface area contributed by atoms with Crippen molar-refractivity contribution in [1.29, 1.82) is 0 Å². The Balaban J connectivity index is 1.41. The summed E-state index contributed by atoms with van der Waals surface area (Å²) in [6.45, 7) is 0. The van der Waals surface area contributed by atoms with E-state index in [1.165, 1.54) is 12.1 Å². The second-order valence-electron chi connectivity index (χ2n) is 9.18. The van der Waals surface area contributed by atoms with Gasteiger partial charge in [0, 0.05) is 33.2 Å². The molecular formula is C32H21ClN2O5. The molecule has 0 spiro atoms. The van der Waals surface area contributed by atoms with E-state index >= 15 is 0 Å². The Labute approximate surface area is 234 Å². The fourth-order valence-electron chi connectivity index (χ4n) is 4.91. The van der Waals surface area contributed by atoms with Crippen LogP contribution >= 0.6 is 11.6 Å². The van der Waals surface area contributed by atoms with Crippen LogP contribution in [0.25, 0.3) is 22.2 Å². The molecular weight excluding hydrogens is 528 g/mol. The third kappa shape index (κ3) is 4.17. The summed E-state index contributed by atoms with van der Waals surface area (Å²) >= 11 is 6.52. The zero-order valence-electron chi connectivity index (χ0n) is 21.4. The molecule has 1 aliphatic carbocycles. The van der Waals surface area contributed by atoms with Gasteiger partial charge < -0.3 is 14.8 Å². The van der Waals surface area contributed by atoms with E-state index in [1.807, 2.05) is 30.3 Å². The molecule has 6 rings (SSSR count). The van der Waals surface area contributed by atoms with Crippen LogP contribution in [-0.2, 0) is 0 Å². The van der Waals surface area contributed by atoms with E-state index in [1.54, 1.807) is 56.7 Å². The van der Waals surface area contributed by atoms with E-state index in [9.17, 15) is 14.4 Å². The predicted octanol–water partition coefficient (Wildman–Crippen LogP) is 6.60. The number of amides is 1. The molecule has 0 bridgehead atoms. The minimum atomic E-state index is -0.447. The first kappa shape index (κ1) is 25.3. The number of halogens is 1. The first-order valence-corrected chi connectivity index (χ1v) is 12.7. The molecule has 1 aromatic heterocycles. The number of anilines is 1. The molecule has 4 aromatic carbocycles. The number of carbonyl (C=O) groups is 3. The SMILES string of the molecule is COc1ccc(-c2cc(C(=O)Nc3cc4c(cc3Cl)C(=O)c3ccccc3C4=O)c3ccccc3n2)cc1OC. The summed E-state index contributed by atoms with van der Waals surface area (Å²) < 4.78 is 10.8. The summed E-state index contributed by atoms with van der Waals surface area (Å²) in [6.07, 6.45) is 0. The summed E-state index contributed by atoms with van der Waals surface area (Å²) in [6, 6.07) is 23.9. The lowest BCUT2D eigenvalue weighted by molar-refractivity contribution is 0.0979. The van der Waals surface area contributed by atoms with E-state index in [0.717, 1.165) is 5.56 Å². The molecule has 1 heterocycles. The number of fused-ring (bicyclic) bond motifs is 3. The van der Waals surface area contributed by atoms with E-state index in [2.05, 4.69) is 5.32 Å². The van der Waals surface area contributed by atoms with Gasteiger partial charge in [-0.2, -0.15) is 0 Å². The van der Waals surface area contributed by atoms with Gasteiger partial charge in [0.1, 0.15) is 0 Å². The highest BCUT2D eigenvalue weighted by molar-refractivity contribution is 6.36. The molecule has 8 heteroatoms. The third-order valence-corrected chi connectivity index (χ3v) is 7.21. The number of carbonyl (C=O) groups excluding carboxylic acids is 3. The highest BCUT2D eigenvalue weighted by Gasteiger charge is 2.30. The maximum Gasteiger partial charge on any atom is 0.256 e. The van der Waals surface area contributed by atoms with Crippen LogP contribution in [0.3, 0.4) is 0 Å². The summed E-state index contributed by atoms with van der Waals surface area (Å²) in [4.78, 5) is 44.7. The molecule has 7 nitrogen and oxygen atoms in total. The number of pyridine rings is 1. The first-order valence-electron chi connectivity index (χ1n) is 12.3. The van der Waals surface area contributed by atoms with Gasteiger partial charge in [-0.05, 0) is 42.5 Å². The number of nitrogens with zero attached hydrogens (tertiary/aromatic N) is 1. The maximum atomic E-state index is 13.7. The fourth-order valence-corrected chi connectivity index (χ4v) is 5.12. The van der Waals surface area contributed by atoms with Crippen LogP contribution in [0, 0.1) is 0 Å². The Morgan fingerprint density at radius 2 is 1.40 bits per heavy atom. The highest BCUT2D eigenvalue weighted by Crippen LogP contribution is 2.36. The van der Waals surface area contributed by atoms with Crippen LogP contribution in [0.15, 0.2) is 84.9 Å². The number of rotatable bonds is 5. The summed E-state index contributed by atoms with van der Waals surface area (Å²) in [5.74, 6) is 0.0644. The van der Waals surface area contributed by atoms with Crippen molar-refractivity contribution in [2.75, 3.05) is 19.5 Å². The van der Waals surface area contributed by atoms with Crippen LogP contribution in [0.1, 0.15) is 42.2 Å². The monoisotopic (exact) mass is 548 g/mol. The molecule has 196 valence electrons. The lowest BCUT2D eigenvalue weighted by Gasteiger charge is -2.19. The van der Waals surface area contributed by atoms with Gasteiger partial charge in [0.25, 0.3) is 5.91 Å². The summed E-state index contributed by atoms with van der Waals surface area (Å²) in [5.41, 5.74) is 3.53. The van der Waals surface area contributed by atoms with Gasteiger partial charge in [0.05, 0.1) is 41.7 Å². The second-order valence-corrected chi connectivity index (χ2v) is 9.58. The minimum absolute atomic E-state index is 0.145. The topological polar surface area (TPSA) is 94.6 Å². The number of benzene rings is 4. The molecule has 1 aliphatic rings. The molecule has 1 N–H and O–H groups in total. The van der Waals surface area contributed by atoms with Gasteiger partial charge in [-0.25, -0.2) is 4.98 Å². The first-order chi connectivity index (χ1) is 19.4. The van der Waals surface area contributed by atoms with Crippen LogP contribution in [0.2, 0.25) is 5.02 Å². The number of ketones is 2. The van der Waals surface area contributed by atoms with Crippen molar-refractivity contribution in [2.24, 2.45) is 0 Å². The quantitative estimate of drug-likeness (QED) is 0.261. The van der Waals surface area contributed by atoms with Crippen molar-refractivity contribution in [3.8, 4) is 22.8 Å². The standard InChI is InChI=1S/C32H21ClN2O5/c1-39-28-12-11-17(13-29(28)40-2)26-16-23(18-7-5-6-10-25(18)34-26)32(38)35-27-15-22-21(14-24(27)33)30(36)19-8-3-4-9-20(19)31(22)37/h3-16H,1-2H3,(H,35,38). The van der Waals surface area contributed by atoms with Crippen LogP contribution in [0.5, 0.6) is 11.5 Å². The Bertz CT molecular complexity index is 1880. The number of para-hydroxylation sites is 1. The zero-order chi connectivity index (χ0) is 28.0. The summed E-state index contributed by atoms with van der Waals surface area (Å²) in [5, 5.41) is 3.62. The molecule has 0 radical (unpaired) electrons. The van der Waals surface area contributed by atoms with Crippen molar-refractivity contribution in [3.05, 3.63) is 118 Å². The number of aromatic nitrogens is 1. The average Bonchev–Trinajstić information content (AvgIpc) is 2.99. The number of ether oxygens (including phenoxy) is 2. The van der Waals surface area contributed by atoms with E-state index in [-0.39, 0.29) is 33.4 Å². The molecule has 0 aliphatic heterocycles. The lowest BCUT2D eigenvalue weighted by Crippen LogP contribution is -2.22. The normalized spacial score (nSPS) is 12.1. The van der Waals surface area contributed by atoms with Gasteiger partial charge in [-0.3, -0.25) is 14.4 Å². The van der Waals surface area contributed by atoms with Crippen molar-refractivity contribution in [3.63, 3.8) is 0 Å². The van der Waals surface area contributed by atoms with E-state index < -0.39 is 5.91 Å². The molecule has 0 saturated carbocycles. The Morgan fingerprint density at radius 3 is 2.10 bits per heavy atom. The zero-order valence-corrected chi connectivity index (χ0v) is 22.2. The average molecular weight is 549 g/mol. The van der Waals surface area contributed by atoms with Crippen molar-refractivity contribution >= 4 is 45.7 Å². The number of hydrogen-bond donors (Lipinski definition) is 1. The van der Waals surface area contributed by atoms with Crippen molar-refractivity contribution in [1.82, 2.24) is 4.98 Å². The van der Waals surface area contributed by atoms with Gasteiger partial charge in [0.2, 0.25) is 0 Å². The maximum absolute atomic E-state index is 13.7. The fraction of sp³-hybridized carbons (Fsp3) is 0.0625. The van der Waals surface area contributed by atoms with Crippen molar-refractivity contribution in [2.45, 2.75) is 0 Å². The van der Waals surface area contributed by atoms with Gasteiger partial charge in [-0.15, -0.1) is 0 Å². The molecule has 5 aromatic rings. The number of methoxy groups -OCH3 is 2. The highest BCUT2D eigenvalue weighted by atomic mass is 35.5. The Hall–Kier alpha value is -5.01. The van der Waals surface area contributed by atoms with Gasteiger partial charge >= 0.3 is 0 Å². The molecule has 0 unspecified atom stereocenters. The molecule has 1 amide bonds. The van der Waals surface area contributed by atoms with Crippen LogP contribution in [0.4, 0.5) is 5.69 Å². The number of nitrogens with one attached hydrogen (secondary N) is 1. The van der Waals surface area contributed by atoms with E-state index in [0.29, 0.717) is 44.8 Å². The smallest absolute Gasteiger partial charge is 0.256 e. The molecule has 40 heavy (non-hydrogen) atoms. The molecule has 0 fully saturated rings. The largest absolute Gasteiger partial charge is 0.493 e. The third-order valence-electron chi connectivity index (χ3n) is 6.90. The predicted molar refractivity (Wildman–Crippen MR) is 153 cm³/mol. The second kappa shape index (κ2) is 9.94. The van der Waals surface area contributed by atoms with Gasteiger partial charge in [-0.1, -0.05) is 54.1 Å². The van der Waals surface area contributed by atoms with Crippen molar-refractivity contribution < 1.29 is 23.9 Å². The molecule has 0 saturated heterocycles. The molecule has 0 atom stereocenters. The number of hydrogen-bond acceptors (Lipinski definition) is 6. The van der Waals surface area contributed by atoms with E-state index in [4.69, 9.17) is 26.1 Å². The lowest BCUT2D eigenvalue weighted by atomic mass is 9.84. The van der Waals surface area contributed by atoms with Gasteiger partial charge in [0.15, 0.2) is 23.1 Å².